The molecule has 0 saturated heterocycles. The first kappa shape index (κ1) is 45.5. The van der Waals surface area contributed by atoms with Crippen LogP contribution in [0.25, 0.3) is 0 Å². The molecule has 44 heavy (non-hydrogen) atoms. The monoisotopic (exact) mass is 625 g/mol. The second-order valence-corrected chi connectivity index (χ2v) is 13.5. The van der Waals surface area contributed by atoms with Gasteiger partial charge in [0, 0.05) is 19.5 Å². The van der Waals surface area contributed by atoms with Crippen LogP contribution in [0.15, 0.2) is 0 Å². The van der Waals surface area contributed by atoms with Crippen LogP contribution in [0.2, 0.25) is 0 Å². The fourth-order valence-electron chi connectivity index (χ4n) is 5.92. The molecule has 0 aliphatic rings. The maximum absolute atomic E-state index is 12.7. The summed E-state index contributed by atoms with van der Waals surface area (Å²) in [4.78, 5) is 17.7. The van der Waals surface area contributed by atoms with Gasteiger partial charge in [-0.15, -0.1) is 0 Å². The van der Waals surface area contributed by atoms with Crippen molar-refractivity contribution in [1.82, 2.24) is 9.80 Å². The summed E-state index contributed by atoms with van der Waals surface area (Å²) in [6.07, 6.45) is 34.2. The highest BCUT2D eigenvalue weighted by Gasteiger charge is 2.14. The van der Waals surface area contributed by atoms with Crippen LogP contribution in [-0.2, 0) is 9.53 Å². The summed E-state index contributed by atoms with van der Waals surface area (Å²) in [6, 6.07) is 0. The molecule has 0 amide bonds. The second kappa shape index (κ2) is 38.6. The smallest absolute Gasteiger partial charge is 0.306 e. The van der Waals surface area contributed by atoms with Gasteiger partial charge < -0.3 is 14.5 Å². The van der Waals surface area contributed by atoms with Gasteiger partial charge in [0.2, 0.25) is 0 Å². The average Bonchev–Trinajstić information content (AvgIpc) is 3.02. The van der Waals surface area contributed by atoms with Gasteiger partial charge in [-0.25, -0.2) is 0 Å². The topological polar surface area (TPSA) is 32.8 Å². The number of nitrogens with zero attached hydrogens (tertiary/aromatic N) is 2. The van der Waals surface area contributed by atoms with Crippen LogP contribution in [0.5, 0.6) is 0 Å². The van der Waals surface area contributed by atoms with E-state index in [9.17, 15) is 4.79 Å². The van der Waals surface area contributed by atoms with Crippen LogP contribution < -0.4 is 0 Å². The molecule has 0 bridgehead atoms. The Hall–Kier alpha value is -0.610. The molecular formula is C40H84N2O2. The summed E-state index contributed by atoms with van der Waals surface area (Å²) in [6.45, 7) is 15.7. The average molecular weight is 625 g/mol. The first-order chi connectivity index (χ1) is 21.5. The zero-order chi connectivity index (χ0) is 32.9. The highest BCUT2D eigenvalue weighted by molar-refractivity contribution is 5.69. The Kier molecular flexibility index (Phi) is 39.9. The second-order valence-electron chi connectivity index (χ2n) is 13.5. The highest BCUT2D eigenvalue weighted by Crippen LogP contribution is 2.18. The molecule has 0 unspecified atom stereocenters. The third kappa shape index (κ3) is 35.9. The number of hydrogen-bond donors (Lipinski definition) is 0. The number of rotatable bonds is 34. The van der Waals surface area contributed by atoms with E-state index in [0.29, 0.717) is 6.42 Å². The van der Waals surface area contributed by atoms with Gasteiger partial charge >= 0.3 is 5.97 Å². The molecule has 4 nitrogen and oxygen atoms in total. The molecule has 0 rings (SSSR count). The Labute approximate surface area is 279 Å². The van der Waals surface area contributed by atoms with Gasteiger partial charge in [-0.3, -0.25) is 4.79 Å². The van der Waals surface area contributed by atoms with Gasteiger partial charge in [0.25, 0.3) is 0 Å². The molecule has 0 aliphatic heterocycles. The van der Waals surface area contributed by atoms with Crippen molar-refractivity contribution in [1.29, 1.82) is 0 Å². The minimum absolute atomic E-state index is 0.0570. The normalized spacial score (nSPS) is 11.4. The maximum atomic E-state index is 12.7. The van der Waals surface area contributed by atoms with Gasteiger partial charge in [-0.1, -0.05) is 157 Å². The predicted molar refractivity (Wildman–Crippen MR) is 198 cm³/mol. The molecule has 0 N–H and O–H groups in total. The molecular weight excluding hydrogens is 540 g/mol. The number of esters is 1. The van der Waals surface area contributed by atoms with Crippen molar-refractivity contribution in [2.45, 2.75) is 214 Å². The van der Waals surface area contributed by atoms with Crippen LogP contribution in [-0.4, -0.2) is 62.1 Å². The number of carbonyl (C=O) groups excluding carboxylic acids is 1. The molecule has 0 aromatic heterocycles. The van der Waals surface area contributed by atoms with E-state index in [1.54, 1.807) is 0 Å². The summed E-state index contributed by atoms with van der Waals surface area (Å²) in [5.74, 6) is 0.0570. The molecule has 0 radical (unpaired) electrons. The van der Waals surface area contributed by atoms with Crippen LogP contribution in [0.3, 0.4) is 0 Å². The lowest BCUT2D eigenvalue weighted by Gasteiger charge is -2.24. The summed E-state index contributed by atoms with van der Waals surface area (Å²) < 4.78 is 6.04. The van der Waals surface area contributed by atoms with Gasteiger partial charge in [-0.05, 0) is 72.1 Å². The third-order valence-electron chi connectivity index (χ3n) is 8.85. The lowest BCUT2D eigenvalue weighted by molar-refractivity contribution is -0.150. The Bertz CT molecular complexity index is 523. The summed E-state index contributed by atoms with van der Waals surface area (Å²) in [7, 11) is 4.37. The Morgan fingerprint density at radius 1 is 0.477 bits per heavy atom. The lowest BCUT2D eigenvalue weighted by Crippen LogP contribution is -2.33. The van der Waals surface area contributed by atoms with Crippen molar-refractivity contribution in [3.05, 3.63) is 0 Å². The minimum atomic E-state index is 0.0570. The van der Waals surface area contributed by atoms with Crippen LogP contribution in [0, 0.1) is 0 Å². The van der Waals surface area contributed by atoms with Crippen molar-refractivity contribution in [3.8, 4) is 0 Å². The third-order valence-corrected chi connectivity index (χ3v) is 8.85. The van der Waals surface area contributed by atoms with Crippen molar-refractivity contribution in [2.24, 2.45) is 0 Å². The standard InChI is InChI=1S/C38H78N2O2.C2H6/c1-6-9-12-15-18-23-28-33-40(36-35-39(4)5)34-29-24-19-22-27-32-38(41)42-37(30-25-20-16-13-10-7-2)31-26-21-17-14-11-8-3;1-2/h37H,6-36H2,1-5H3;1-2H3. The van der Waals surface area contributed by atoms with Crippen molar-refractivity contribution in [3.63, 3.8) is 0 Å². The van der Waals surface area contributed by atoms with E-state index in [0.717, 1.165) is 32.2 Å². The molecule has 266 valence electrons. The zero-order valence-corrected chi connectivity index (χ0v) is 31.7. The number of carbonyl (C=O) groups is 1. The van der Waals surface area contributed by atoms with Gasteiger partial charge in [0.05, 0.1) is 0 Å². The largest absolute Gasteiger partial charge is 0.462 e. The first-order valence-corrected chi connectivity index (χ1v) is 20.1. The van der Waals surface area contributed by atoms with Crippen LogP contribution in [0.1, 0.15) is 208 Å². The van der Waals surface area contributed by atoms with Crippen LogP contribution >= 0.6 is 0 Å². The summed E-state index contributed by atoms with van der Waals surface area (Å²) >= 11 is 0. The van der Waals surface area contributed by atoms with Gasteiger partial charge in [-0.2, -0.15) is 0 Å². The van der Waals surface area contributed by atoms with E-state index in [-0.39, 0.29) is 12.1 Å². The van der Waals surface area contributed by atoms with E-state index >= 15 is 0 Å². The number of ether oxygens (including phenoxy) is 1. The highest BCUT2D eigenvalue weighted by atomic mass is 16.5. The van der Waals surface area contributed by atoms with Crippen molar-refractivity contribution < 1.29 is 9.53 Å². The molecule has 0 fully saturated rings. The summed E-state index contributed by atoms with van der Waals surface area (Å²) in [5, 5.41) is 0. The zero-order valence-electron chi connectivity index (χ0n) is 31.7. The van der Waals surface area contributed by atoms with E-state index < -0.39 is 0 Å². The molecule has 0 spiro atoms. The molecule has 0 saturated carbocycles. The molecule has 0 aliphatic carbocycles. The molecule has 4 heteroatoms. The van der Waals surface area contributed by atoms with Gasteiger partial charge in [0.15, 0.2) is 0 Å². The van der Waals surface area contributed by atoms with Crippen molar-refractivity contribution in [2.75, 3.05) is 40.3 Å². The molecule has 0 aromatic carbocycles. The SMILES string of the molecule is CC.CCCCCCCCCN(CCCCCCCC(=O)OC(CCCCCCCC)CCCCCCCC)CCN(C)C. The molecule has 0 aromatic rings. The van der Waals surface area contributed by atoms with E-state index in [2.05, 4.69) is 44.7 Å². The predicted octanol–water partition coefficient (Wildman–Crippen LogP) is 12.4. The number of likely N-dealkylation sites (N-methyl/N-ethyl adjacent to an activating group) is 1. The lowest BCUT2D eigenvalue weighted by atomic mass is 10.0. The molecule has 0 heterocycles. The maximum Gasteiger partial charge on any atom is 0.306 e. The van der Waals surface area contributed by atoms with E-state index in [4.69, 9.17) is 4.74 Å². The summed E-state index contributed by atoms with van der Waals surface area (Å²) in [5.41, 5.74) is 0. The van der Waals surface area contributed by atoms with E-state index in [1.165, 1.54) is 161 Å². The fourth-order valence-corrected chi connectivity index (χ4v) is 5.92. The van der Waals surface area contributed by atoms with Crippen molar-refractivity contribution >= 4 is 5.97 Å². The van der Waals surface area contributed by atoms with E-state index in [1.807, 2.05) is 13.8 Å². The number of unbranched alkanes of at least 4 members (excludes halogenated alkanes) is 20. The fraction of sp³-hybridized carbons (Fsp3) is 0.975. The Balaban J connectivity index is 0. The number of hydrogen-bond acceptors (Lipinski definition) is 4. The van der Waals surface area contributed by atoms with Gasteiger partial charge in [0.1, 0.15) is 6.10 Å². The molecule has 0 atom stereocenters. The quantitative estimate of drug-likeness (QED) is 0.0527. The van der Waals surface area contributed by atoms with Crippen LogP contribution in [0.4, 0.5) is 0 Å². The minimum Gasteiger partial charge on any atom is -0.462 e. The first-order valence-electron chi connectivity index (χ1n) is 20.1. The Morgan fingerprint density at radius 2 is 0.841 bits per heavy atom. The Morgan fingerprint density at radius 3 is 1.25 bits per heavy atom.